The molecular weight excluding hydrogens is 701 g/mol. The highest BCUT2D eigenvalue weighted by molar-refractivity contribution is 5.99. The van der Waals surface area contributed by atoms with Crippen molar-refractivity contribution < 1.29 is 8.83 Å². The molecule has 10 aromatic rings. The molecule has 0 amide bonds. The summed E-state index contributed by atoms with van der Waals surface area (Å²) in [6.07, 6.45) is 0. The van der Waals surface area contributed by atoms with Crippen molar-refractivity contribution in [3.8, 4) is 22.9 Å². The van der Waals surface area contributed by atoms with E-state index in [1.54, 1.807) is 0 Å². The van der Waals surface area contributed by atoms with Gasteiger partial charge in [-0.3, -0.25) is 0 Å². The molecule has 0 saturated heterocycles. The van der Waals surface area contributed by atoms with E-state index in [9.17, 15) is 0 Å². The quantitative estimate of drug-likeness (QED) is 0.169. The summed E-state index contributed by atoms with van der Waals surface area (Å²) in [5, 5.41) is 2.35. The molecule has 0 fully saturated rings. The molecule has 11 rings (SSSR count). The Bertz CT molecular complexity index is 3050. The summed E-state index contributed by atoms with van der Waals surface area (Å²) in [5.41, 5.74) is 13.9. The smallest absolute Gasteiger partial charge is 0.227 e. The molecule has 0 radical (unpaired) electrons. The number of para-hydroxylation sites is 5. The predicted molar refractivity (Wildman–Crippen MR) is 231 cm³/mol. The second-order valence-corrected chi connectivity index (χ2v) is 15.1. The van der Waals surface area contributed by atoms with E-state index in [1.165, 1.54) is 21.9 Å². The molecule has 3 heterocycles. The molecule has 0 bridgehead atoms. The topological polar surface area (TPSA) is 58.5 Å². The Labute approximate surface area is 329 Å². The van der Waals surface area contributed by atoms with Crippen LogP contribution in [0, 0.1) is 0 Å². The largest absolute Gasteiger partial charge is 0.436 e. The lowest BCUT2D eigenvalue weighted by Gasteiger charge is -2.42. The van der Waals surface area contributed by atoms with Crippen LogP contribution in [0.5, 0.6) is 0 Å². The molecule has 6 nitrogen and oxygen atoms in total. The van der Waals surface area contributed by atoms with Gasteiger partial charge in [-0.1, -0.05) is 92.7 Å². The van der Waals surface area contributed by atoms with Gasteiger partial charge in [0.25, 0.3) is 0 Å². The Morgan fingerprint density at radius 3 is 1.77 bits per heavy atom. The minimum atomic E-state index is -0.264. The van der Waals surface area contributed by atoms with E-state index in [-0.39, 0.29) is 5.41 Å². The fourth-order valence-corrected chi connectivity index (χ4v) is 8.44. The molecule has 272 valence electrons. The van der Waals surface area contributed by atoms with Gasteiger partial charge >= 0.3 is 0 Å². The van der Waals surface area contributed by atoms with Gasteiger partial charge in [-0.05, 0) is 120 Å². The van der Waals surface area contributed by atoms with E-state index < -0.39 is 0 Å². The number of aromatic nitrogens is 2. The molecule has 0 spiro atoms. The molecule has 6 heteroatoms. The Morgan fingerprint density at radius 2 is 1.05 bits per heavy atom. The summed E-state index contributed by atoms with van der Waals surface area (Å²) >= 11 is 0. The first-order chi connectivity index (χ1) is 28.0. The van der Waals surface area contributed by atoms with Crippen molar-refractivity contribution in [1.82, 2.24) is 9.97 Å². The van der Waals surface area contributed by atoms with Crippen molar-refractivity contribution in [3.05, 3.63) is 193 Å². The maximum atomic E-state index is 6.23. The average molecular weight is 737 g/mol. The monoisotopic (exact) mass is 736 g/mol. The Balaban J connectivity index is 1.02. The maximum absolute atomic E-state index is 6.23. The fraction of sp³-hybridized carbons (Fsp3) is 0.0588. The van der Waals surface area contributed by atoms with Gasteiger partial charge in [0, 0.05) is 39.0 Å². The van der Waals surface area contributed by atoms with Gasteiger partial charge in [-0.2, -0.15) is 0 Å². The molecular formula is C51H36N4O2. The number of hydrogen-bond acceptors (Lipinski definition) is 6. The zero-order valence-electron chi connectivity index (χ0n) is 31.4. The molecule has 0 atom stereocenters. The number of rotatable bonds is 6. The third kappa shape index (κ3) is 5.40. The average Bonchev–Trinajstić information content (AvgIpc) is 3.90. The maximum Gasteiger partial charge on any atom is 0.227 e. The number of oxazole rings is 2. The van der Waals surface area contributed by atoms with Gasteiger partial charge < -0.3 is 18.6 Å². The molecule has 8 aromatic carbocycles. The lowest BCUT2D eigenvalue weighted by atomic mass is 9.73. The van der Waals surface area contributed by atoms with Gasteiger partial charge in [-0.15, -0.1) is 0 Å². The first-order valence-corrected chi connectivity index (χ1v) is 19.2. The molecule has 0 saturated carbocycles. The van der Waals surface area contributed by atoms with E-state index in [0.29, 0.717) is 11.8 Å². The van der Waals surface area contributed by atoms with E-state index >= 15 is 0 Å². The summed E-state index contributed by atoms with van der Waals surface area (Å²) in [4.78, 5) is 14.3. The summed E-state index contributed by atoms with van der Waals surface area (Å²) in [6.45, 7) is 4.61. The predicted octanol–water partition coefficient (Wildman–Crippen LogP) is 14.0. The van der Waals surface area contributed by atoms with Crippen molar-refractivity contribution in [2.75, 3.05) is 9.80 Å². The zero-order valence-corrected chi connectivity index (χ0v) is 31.4. The molecule has 1 aliphatic heterocycles. The van der Waals surface area contributed by atoms with Gasteiger partial charge in [0.05, 0.1) is 17.1 Å². The fourth-order valence-electron chi connectivity index (χ4n) is 8.44. The number of anilines is 6. The Hall–Kier alpha value is -7.44. The summed E-state index contributed by atoms with van der Waals surface area (Å²) in [5.74, 6) is 1.23. The van der Waals surface area contributed by atoms with Crippen LogP contribution >= 0.6 is 0 Å². The van der Waals surface area contributed by atoms with Crippen LogP contribution in [0.15, 0.2) is 191 Å². The lowest BCUT2D eigenvalue weighted by Crippen LogP contribution is -2.30. The number of benzene rings is 8. The molecule has 0 N–H and O–H groups in total. The standard InChI is InChI=1S/C51H36N4O2/c1-51(2)40-15-5-8-18-45(40)55(46-31-24-35(32-41(46)51)50-53-43-17-7-10-21-48(43)57-50)38-29-27-37(28-30-38)54(44-19-11-13-33-12-3-4-14-39(33)44)36-25-22-34(23-26-36)49-52-42-16-6-9-20-47(42)56-49/h3-32H,1-2H3. The molecule has 57 heavy (non-hydrogen) atoms. The Morgan fingerprint density at radius 1 is 0.491 bits per heavy atom. The summed E-state index contributed by atoms with van der Waals surface area (Å²) < 4.78 is 12.4. The second kappa shape index (κ2) is 12.8. The third-order valence-electron chi connectivity index (χ3n) is 11.3. The van der Waals surface area contributed by atoms with Gasteiger partial charge in [0.1, 0.15) is 11.0 Å². The van der Waals surface area contributed by atoms with Crippen molar-refractivity contribution >= 4 is 67.1 Å². The molecule has 2 aromatic heterocycles. The first-order valence-electron chi connectivity index (χ1n) is 19.2. The minimum absolute atomic E-state index is 0.264. The number of nitrogens with zero attached hydrogens (tertiary/aromatic N) is 4. The molecule has 1 aliphatic rings. The van der Waals surface area contributed by atoms with Crippen molar-refractivity contribution in [2.24, 2.45) is 0 Å². The van der Waals surface area contributed by atoms with E-state index in [0.717, 1.165) is 67.5 Å². The van der Waals surface area contributed by atoms with Crippen molar-refractivity contribution in [2.45, 2.75) is 19.3 Å². The van der Waals surface area contributed by atoms with Crippen LogP contribution in [0.4, 0.5) is 34.1 Å². The minimum Gasteiger partial charge on any atom is -0.436 e. The summed E-state index contributed by atoms with van der Waals surface area (Å²) in [7, 11) is 0. The molecule has 0 unspecified atom stereocenters. The first kappa shape index (κ1) is 32.9. The highest BCUT2D eigenvalue weighted by atomic mass is 16.4. The third-order valence-corrected chi connectivity index (χ3v) is 11.3. The lowest BCUT2D eigenvalue weighted by molar-refractivity contribution is 0.615. The van der Waals surface area contributed by atoms with Crippen LogP contribution in [0.3, 0.4) is 0 Å². The van der Waals surface area contributed by atoms with Crippen molar-refractivity contribution in [1.29, 1.82) is 0 Å². The van der Waals surface area contributed by atoms with E-state index in [4.69, 9.17) is 18.8 Å². The van der Waals surface area contributed by atoms with Crippen LogP contribution in [0.1, 0.15) is 25.0 Å². The van der Waals surface area contributed by atoms with Gasteiger partial charge in [-0.25, -0.2) is 9.97 Å². The van der Waals surface area contributed by atoms with Gasteiger partial charge in [0.2, 0.25) is 11.8 Å². The highest BCUT2D eigenvalue weighted by Gasteiger charge is 2.37. The Kier molecular flexibility index (Phi) is 7.41. The van der Waals surface area contributed by atoms with Crippen LogP contribution in [-0.2, 0) is 5.41 Å². The van der Waals surface area contributed by atoms with Crippen LogP contribution < -0.4 is 9.80 Å². The SMILES string of the molecule is CC1(C)c2ccccc2N(c2ccc(N(c3ccc(-c4nc5ccccc5o4)cc3)c3cccc4ccccc34)cc2)c2ccc(-c3nc4ccccc4o3)cc21. The van der Waals surface area contributed by atoms with E-state index in [2.05, 4.69) is 157 Å². The second-order valence-electron chi connectivity index (χ2n) is 15.1. The van der Waals surface area contributed by atoms with Crippen LogP contribution in [0.25, 0.3) is 55.9 Å². The summed E-state index contributed by atoms with van der Waals surface area (Å²) in [6, 6.07) is 63.5. The van der Waals surface area contributed by atoms with Gasteiger partial charge in [0.15, 0.2) is 11.2 Å². The number of hydrogen-bond donors (Lipinski definition) is 0. The van der Waals surface area contributed by atoms with Crippen LogP contribution in [-0.4, -0.2) is 9.97 Å². The van der Waals surface area contributed by atoms with E-state index in [1.807, 2.05) is 48.5 Å². The number of fused-ring (bicyclic) bond motifs is 5. The highest BCUT2D eigenvalue weighted by Crippen LogP contribution is 2.53. The molecule has 0 aliphatic carbocycles. The van der Waals surface area contributed by atoms with Crippen LogP contribution in [0.2, 0.25) is 0 Å². The zero-order chi connectivity index (χ0) is 38.1. The normalized spacial score (nSPS) is 13.2. The van der Waals surface area contributed by atoms with Crippen molar-refractivity contribution in [3.63, 3.8) is 0 Å².